The highest BCUT2D eigenvalue weighted by Gasteiger charge is 2.14. The van der Waals surface area contributed by atoms with Crippen molar-refractivity contribution in [2.24, 2.45) is 0 Å². The topological polar surface area (TPSA) is 54.7 Å². The van der Waals surface area contributed by atoms with Crippen molar-refractivity contribution in [3.63, 3.8) is 0 Å². The molecule has 0 aliphatic carbocycles. The summed E-state index contributed by atoms with van der Waals surface area (Å²) in [4.78, 5) is 15.1. The molecule has 2 aromatic carbocycles. The van der Waals surface area contributed by atoms with Crippen molar-refractivity contribution in [1.82, 2.24) is 9.47 Å². The maximum absolute atomic E-state index is 12.7. The molecule has 5 heteroatoms. The van der Waals surface area contributed by atoms with Gasteiger partial charge in [-0.1, -0.05) is 44.9 Å². The van der Waals surface area contributed by atoms with Gasteiger partial charge in [0.05, 0.1) is 12.7 Å². The molecule has 0 bridgehead atoms. The van der Waals surface area contributed by atoms with E-state index in [0.29, 0.717) is 25.3 Å². The second-order valence-corrected chi connectivity index (χ2v) is 9.07. The van der Waals surface area contributed by atoms with Gasteiger partial charge in [0.15, 0.2) is 5.78 Å². The molecule has 0 aliphatic heterocycles. The predicted octanol–water partition coefficient (Wildman–Crippen LogP) is 6.20. The molecule has 35 heavy (non-hydrogen) atoms. The largest absolute Gasteiger partial charge is 0.494 e. The van der Waals surface area contributed by atoms with Crippen LogP contribution in [0.15, 0.2) is 60.8 Å². The molecule has 1 atom stereocenters. The Morgan fingerprint density at radius 2 is 1.71 bits per heavy atom. The Hall–Kier alpha value is -2.89. The number of allylic oxidation sites excluding steroid dienone is 1. The molecular formula is C30H40N2O3. The first kappa shape index (κ1) is 26.7. The van der Waals surface area contributed by atoms with Gasteiger partial charge < -0.3 is 19.3 Å². The van der Waals surface area contributed by atoms with Crippen LogP contribution >= 0.6 is 0 Å². The highest BCUT2D eigenvalue weighted by Crippen LogP contribution is 2.23. The smallest absolute Gasteiger partial charge is 0.185 e. The third kappa shape index (κ3) is 7.81. The van der Waals surface area contributed by atoms with Crippen molar-refractivity contribution in [2.45, 2.75) is 59.1 Å². The number of unbranched alkanes of at least 4 members (excludes halogenated alkanes) is 2. The second-order valence-electron chi connectivity index (χ2n) is 9.07. The van der Waals surface area contributed by atoms with Gasteiger partial charge in [-0.3, -0.25) is 4.79 Å². The first-order chi connectivity index (χ1) is 17.0. The lowest BCUT2D eigenvalue weighted by Gasteiger charge is -2.25. The highest BCUT2D eigenvalue weighted by atomic mass is 16.5. The average Bonchev–Trinajstić information content (AvgIpc) is 3.22. The molecular weight excluding hydrogens is 436 g/mol. The third-order valence-electron chi connectivity index (χ3n) is 6.22. The lowest BCUT2D eigenvalue weighted by atomic mass is 10.1. The van der Waals surface area contributed by atoms with Crippen molar-refractivity contribution in [2.75, 3.05) is 26.2 Å². The Labute approximate surface area is 210 Å². The summed E-state index contributed by atoms with van der Waals surface area (Å²) in [6.07, 6.45) is 9.70. The molecule has 1 unspecified atom stereocenters. The molecule has 0 fully saturated rings. The highest BCUT2D eigenvalue weighted by molar-refractivity contribution is 6.07. The van der Waals surface area contributed by atoms with E-state index in [4.69, 9.17) is 4.74 Å². The summed E-state index contributed by atoms with van der Waals surface area (Å²) < 4.78 is 7.57. The molecule has 3 aromatic rings. The number of nitrogens with zero attached hydrogens (tertiary/aromatic N) is 2. The van der Waals surface area contributed by atoms with Gasteiger partial charge in [-0.25, -0.2) is 0 Å². The van der Waals surface area contributed by atoms with Gasteiger partial charge in [0, 0.05) is 41.3 Å². The van der Waals surface area contributed by atoms with Crippen LogP contribution in [0.2, 0.25) is 0 Å². The molecule has 0 amide bonds. The molecule has 0 saturated heterocycles. The number of ketones is 1. The number of para-hydroxylation sites is 1. The van der Waals surface area contributed by atoms with Crippen LogP contribution in [0.4, 0.5) is 0 Å². The van der Waals surface area contributed by atoms with Crippen molar-refractivity contribution >= 4 is 22.8 Å². The van der Waals surface area contributed by atoms with Gasteiger partial charge in [-0.2, -0.15) is 0 Å². The number of benzene rings is 2. The van der Waals surface area contributed by atoms with Crippen LogP contribution in [0.25, 0.3) is 17.0 Å². The van der Waals surface area contributed by atoms with Crippen molar-refractivity contribution < 1.29 is 14.6 Å². The predicted molar refractivity (Wildman–Crippen MR) is 145 cm³/mol. The van der Waals surface area contributed by atoms with Gasteiger partial charge in [0.25, 0.3) is 0 Å². The third-order valence-corrected chi connectivity index (χ3v) is 6.22. The molecule has 3 rings (SSSR count). The normalized spacial score (nSPS) is 12.6. The van der Waals surface area contributed by atoms with Gasteiger partial charge in [-0.05, 0) is 75.3 Å². The molecule has 0 spiro atoms. The zero-order valence-corrected chi connectivity index (χ0v) is 21.5. The van der Waals surface area contributed by atoms with Crippen LogP contribution in [0.3, 0.4) is 0 Å². The summed E-state index contributed by atoms with van der Waals surface area (Å²) in [7, 11) is 0. The maximum Gasteiger partial charge on any atom is 0.185 e. The Morgan fingerprint density at radius 1 is 1.03 bits per heavy atom. The van der Waals surface area contributed by atoms with Gasteiger partial charge in [0.2, 0.25) is 0 Å². The summed E-state index contributed by atoms with van der Waals surface area (Å²) >= 11 is 0. The van der Waals surface area contributed by atoms with Crippen LogP contribution in [-0.4, -0.2) is 52.7 Å². The van der Waals surface area contributed by atoms with Crippen LogP contribution in [-0.2, 0) is 6.54 Å². The number of aromatic nitrogens is 1. The number of aliphatic hydroxyl groups is 1. The Morgan fingerprint density at radius 3 is 2.37 bits per heavy atom. The lowest BCUT2D eigenvalue weighted by Crippen LogP contribution is -2.36. The average molecular weight is 477 g/mol. The zero-order chi connectivity index (χ0) is 25.0. The number of ether oxygens (including phenoxy) is 1. The SMILES string of the molecule is CCCCN(CCCC)CC(O)Cn1cc(/C=C/C(=O)c2ccc(OCC)cc2)c2ccccc21. The molecule has 1 heterocycles. The summed E-state index contributed by atoms with van der Waals surface area (Å²) in [5.74, 6) is 0.713. The van der Waals surface area contributed by atoms with Crippen molar-refractivity contribution in [3.8, 4) is 5.75 Å². The van der Waals surface area contributed by atoms with Crippen LogP contribution in [0.5, 0.6) is 5.75 Å². The first-order valence-corrected chi connectivity index (χ1v) is 13.0. The molecule has 5 nitrogen and oxygen atoms in total. The Balaban J connectivity index is 1.73. The zero-order valence-electron chi connectivity index (χ0n) is 21.5. The standard InChI is InChI=1S/C30H40N2O3/c1-4-7-19-31(20-8-5-2)22-26(33)23-32-21-25(28-11-9-10-12-29(28)32)15-18-30(34)24-13-16-27(17-14-24)35-6-3/h9-18,21,26,33H,4-8,19-20,22-23H2,1-3H3/b18-15+. The minimum Gasteiger partial charge on any atom is -0.494 e. The monoisotopic (exact) mass is 476 g/mol. The van der Waals surface area contributed by atoms with E-state index in [0.717, 1.165) is 61.0 Å². The van der Waals surface area contributed by atoms with E-state index in [9.17, 15) is 9.90 Å². The van der Waals surface area contributed by atoms with Gasteiger partial charge in [-0.15, -0.1) is 0 Å². The van der Waals surface area contributed by atoms with E-state index in [-0.39, 0.29) is 5.78 Å². The number of hydrogen-bond donors (Lipinski definition) is 1. The number of aliphatic hydroxyl groups excluding tert-OH is 1. The van der Waals surface area contributed by atoms with Crippen LogP contribution < -0.4 is 4.74 Å². The first-order valence-electron chi connectivity index (χ1n) is 13.0. The van der Waals surface area contributed by atoms with Crippen molar-refractivity contribution in [3.05, 3.63) is 71.9 Å². The Bertz CT molecular complexity index is 1080. The van der Waals surface area contributed by atoms with Crippen molar-refractivity contribution in [1.29, 1.82) is 0 Å². The summed E-state index contributed by atoms with van der Waals surface area (Å²) in [6.45, 7) is 10.2. The fourth-order valence-electron chi connectivity index (χ4n) is 4.34. The summed E-state index contributed by atoms with van der Waals surface area (Å²) in [5, 5.41) is 12.0. The van der Waals surface area contributed by atoms with Gasteiger partial charge in [0.1, 0.15) is 5.75 Å². The summed E-state index contributed by atoms with van der Waals surface area (Å²) in [6, 6.07) is 15.4. The van der Waals surface area contributed by atoms with Crippen LogP contribution in [0, 0.1) is 0 Å². The lowest BCUT2D eigenvalue weighted by molar-refractivity contribution is 0.0973. The van der Waals surface area contributed by atoms with E-state index >= 15 is 0 Å². The molecule has 0 aliphatic rings. The van der Waals surface area contributed by atoms with E-state index in [1.807, 2.05) is 43.5 Å². The van der Waals surface area contributed by atoms with E-state index in [2.05, 4.69) is 35.4 Å². The molecule has 1 aromatic heterocycles. The minimum absolute atomic E-state index is 0.0487. The molecule has 1 N–H and O–H groups in total. The van der Waals surface area contributed by atoms with Gasteiger partial charge >= 0.3 is 0 Å². The number of rotatable bonds is 15. The number of fused-ring (bicyclic) bond motifs is 1. The maximum atomic E-state index is 12.7. The van der Waals surface area contributed by atoms with E-state index < -0.39 is 6.10 Å². The molecule has 0 radical (unpaired) electrons. The number of carbonyl (C=O) groups excluding carboxylic acids is 1. The minimum atomic E-state index is -0.457. The Kier molecular flexibility index (Phi) is 10.6. The molecule has 188 valence electrons. The summed E-state index contributed by atoms with van der Waals surface area (Å²) in [5.41, 5.74) is 2.66. The fraction of sp³-hybridized carbons (Fsp3) is 0.433. The van der Waals surface area contributed by atoms with E-state index in [1.54, 1.807) is 18.2 Å². The fourth-order valence-corrected chi connectivity index (χ4v) is 4.34. The molecule has 0 saturated carbocycles. The quantitative estimate of drug-likeness (QED) is 0.210. The number of hydrogen-bond acceptors (Lipinski definition) is 4. The number of carbonyl (C=O) groups is 1. The van der Waals surface area contributed by atoms with E-state index in [1.165, 1.54) is 0 Å². The van der Waals surface area contributed by atoms with Crippen LogP contribution in [0.1, 0.15) is 62.4 Å². The second kappa shape index (κ2) is 13.9.